The fourth-order valence-electron chi connectivity index (χ4n) is 1.29. The van der Waals surface area contributed by atoms with Crippen molar-refractivity contribution in [2.24, 2.45) is 0 Å². The van der Waals surface area contributed by atoms with Crippen LogP contribution in [0, 0.1) is 0 Å². The zero-order chi connectivity index (χ0) is 11.1. The van der Waals surface area contributed by atoms with Crippen LogP contribution in [-0.4, -0.2) is 43.4 Å². The maximum atomic E-state index is 8.91. The van der Waals surface area contributed by atoms with Gasteiger partial charge in [0, 0.05) is 31.6 Å². The SMILES string of the molecule is COCCN(CCO)Cc1ccc(Cl)s1. The monoisotopic (exact) mass is 249 g/mol. The van der Waals surface area contributed by atoms with E-state index in [0.717, 1.165) is 17.4 Å². The van der Waals surface area contributed by atoms with E-state index in [4.69, 9.17) is 21.4 Å². The normalized spacial score (nSPS) is 11.2. The average Bonchev–Trinajstić information content (AvgIpc) is 2.61. The molecule has 1 N–H and O–H groups in total. The zero-order valence-corrected chi connectivity index (χ0v) is 10.4. The topological polar surface area (TPSA) is 32.7 Å². The third-order valence-electron chi connectivity index (χ3n) is 2.04. The molecule has 0 aliphatic heterocycles. The molecule has 1 rings (SSSR count). The third-order valence-corrected chi connectivity index (χ3v) is 3.25. The molecule has 1 heterocycles. The molecular formula is C10H16ClNO2S. The number of halogens is 1. The van der Waals surface area contributed by atoms with Crippen LogP contribution in [0.25, 0.3) is 0 Å². The van der Waals surface area contributed by atoms with Crippen LogP contribution in [0.5, 0.6) is 0 Å². The van der Waals surface area contributed by atoms with Crippen molar-refractivity contribution in [2.45, 2.75) is 6.54 Å². The number of aliphatic hydroxyl groups is 1. The number of aliphatic hydroxyl groups excluding tert-OH is 1. The first-order valence-electron chi connectivity index (χ1n) is 4.82. The number of hydrogen-bond acceptors (Lipinski definition) is 4. The molecule has 3 nitrogen and oxygen atoms in total. The molecule has 0 aromatic carbocycles. The summed E-state index contributed by atoms with van der Waals surface area (Å²) in [6.45, 7) is 3.16. The van der Waals surface area contributed by atoms with Gasteiger partial charge in [0.1, 0.15) is 0 Å². The molecule has 0 spiro atoms. The van der Waals surface area contributed by atoms with Crippen molar-refractivity contribution in [1.29, 1.82) is 0 Å². The van der Waals surface area contributed by atoms with E-state index in [-0.39, 0.29) is 6.61 Å². The Labute approximate surface area is 99.2 Å². The van der Waals surface area contributed by atoms with Crippen LogP contribution in [0.4, 0.5) is 0 Å². The minimum atomic E-state index is 0.169. The van der Waals surface area contributed by atoms with Crippen LogP contribution in [0.1, 0.15) is 4.88 Å². The minimum Gasteiger partial charge on any atom is -0.395 e. The van der Waals surface area contributed by atoms with Crippen LogP contribution < -0.4 is 0 Å². The van der Waals surface area contributed by atoms with Crippen LogP contribution >= 0.6 is 22.9 Å². The van der Waals surface area contributed by atoms with Gasteiger partial charge in [-0.15, -0.1) is 11.3 Å². The summed E-state index contributed by atoms with van der Waals surface area (Å²) in [5.74, 6) is 0. The van der Waals surface area contributed by atoms with Crippen LogP contribution in [0.15, 0.2) is 12.1 Å². The van der Waals surface area contributed by atoms with Crippen molar-refractivity contribution in [1.82, 2.24) is 4.90 Å². The van der Waals surface area contributed by atoms with Crippen molar-refractivity contribution >= 4 is 22.9 Å². The van der Waals surface area contributed by atoms with Crippen LogP contribution in [0.3, 0.4) is 0 Å². The van der Waals surface area contributed by atoms with E-state index >= 15 is 0 Å². The van der Waals surface area contributed by atoms with Gasteiger partial charge in [-0.1, -0.05) is 11.6 Å². The lowest BCUT2D eigenvalue weighted by Gasteiger charge is -2.19. The third kappa shape index (κ3) is 4.95. The lowest BCUT2D eigenvalue weighted by molar-refractivity contribution is 0.127. The van der Waals surface area contributed by atoms with Crippen molar-refractivity contribution < 1.29 is 9.84 Å². The molecule has 1 aromatic rings. The molecule has 0 bridgehead atoms. The summed E-state index contributed by atoms with van der Waals surface area (Å²) in [6, 6.07) is 3.92. The highest BCUT2D eigenvalue weighted by molar-refractivity contribution is 7.16. The molecule has 0 amide bonds. The fraction of sp³-hybridized carbons (Fsp3) is 0.600. The second-order valence-corrected chi connectivity index (χ2v) is 5.00. The van der Waals surface area contributed by atoms with Gasteiger partial charge in [0.05, 0.1) is 17.6 Å². The van der Waals surface area contributed by atoms with Gasteiger partial charge in [-0.25, -0.2) is 0 Å². The van der Waals surface area contributed by atoms with E-state index in [1.54, 1.807) is 18.4 Å². The first-order valence-corrected chi connectivity index (χ1v) is 6.02. The highest BCUT2D eigenvalue weighted by Gasteiger charge is 2.06. The summed E-state index contributed by atoms with van der Waals surface area (Å²) in [5.41, 5.74) is 0. The van der Waals surface area contributed by atoms with Gasteiger partial charge in [-0.3, -0.25) is 4.90 Å². The zero-order valence-electron chi connectivity index (χ0n) is 8.78. The Morgan fingerprint density at radius 3 is 2.80 bits per heavy atom. The fourth-order valence-corrected chi connectivity index (χ4v) is 2.42. The first kappa shape index (κ1) is 12.9. The smallest absolute Gasteiger partial charge is 0.0931 e. The molecule has 86 valence electrons. The van der Waals surface area contributed by atoms with Crippen molar-refractivity contribution in [3.8, 4) is 0 Å². The highest BCUT2D eigenvalue weighted by atomic mass is 35.5. The first-order chi connectivity index (χ1) is 7.26. The van der Waals surface area contributed by atoms with Gasteiger partial charge in [0.25, 0.3) is 0 Å². The molecule has 0 aliphatic carbocycles. The molecule has 0 aliphatic rings. The Kier molecular flexibility index (Phi) is 6.20. The van der Waals surface area contributed by atoms with Gasteiger partial charge in [-0.05, 0) is 12.1 Å². The van der Waals surface area contributed by atoms with Gasteiger partial charge in [0.2, 0.25) is 0 Å². The van der Waals surface area contributed by atoms with E-state index in [2.05, 4.69) is 4.90 Å². The summed E-state index contributed by atoms with van der Waals surface area (Å²) < 4.78 is 5.82. The Balaban J connectivity index is 2.42. The van der Waals surface area contributed by atoms with E-state index in [0.29, 0.717) is 13.2 Å². The number of rotatable bonds is 7. The molecular weight excluding hydrogens is 234 g/mol. The van der Waals surface area contributed by atoms with E-state index < -0.39 is 0 Å². The van der Waals surface area contributed by atoms with Crippen LogP contribution in [-0.2, 0) is 11.3 Å². The summed E-state index contributed by atoms with van der Waals surface area (Å²) in [6.07, 6.45) is 0. The standard InChI is InChI=1S/C10H16ClNO2S/c1-14-7-5-12(4-6-13)8-9-2-3-10(11)15-9/h2-3,13H,4-8H2,1H3. The molecule has 0 atom stereocenters. The number of hydrogen-bond donors (Lipinski definition) is 1. The lowest BCUT2D eigenvalue weighted by atomic mass is 10.4. The maximum Gasteiger partial charge on any atom is 0.0931 e. The van der Waals surface area contributed by atoms with Crippen LogP contribution in [0.2, 0.25) is 4.34 Å². The maximum absolute atomic E-state index is 8.91. The Morgan fingerprint density at radius 1 is 1.47 bits per heavy atom. The summed E-state index contributed by atoms with van der Waals surface area (Å²) in [5, 5.41) is 8.91. The van der Waals surface area contributed by atoms with Gasteiger partial charge in [0.15, 0.2) is 0 Å². The number of methoxy groups -OCH3 is 1. The average molecular weight is 250 g/mol. The minimum absolute atomic E-state index is 0.169. The van der Waals surface area contributed by atoms with Crippen molar-refractivity contribution in [3.63, 3.8) is 0 Å². The lowest BCUT2D eigenvalue weighted by Crippen LogP contribution is -2.29. The second-order valence-electron chi connectivity index (χ2n) is 3.20. The Bertz CT molecular complexity index is 280. The molecule has 0 radical (unpaired) electrons. The summed E-state index contributed by atoms with van der Waals surface area (Å²) in [4.78, 5) is 3.36. The molecule has 0 unspecified atom stereocenters. The second kappa shape index (κ2) is 7.19. The largest absolute Gasteiger partial charge is 0.395 e. The van der Waals surface area contributed by atoms with Gasteiger partial charge in [-0.2, -0.15) is 0 Å². The van der Waals surface area contributed by atoms with E-state index in [9.17, 15) is 0 Å². The van der Waals surface area contributed by atoms with E-state index in [1.807, 2.05) is 12.1 Å². The van der Waals surface area contributed by atoms with Crippen molar-refractivity contribution in [3.05, 3.63) is 21.3 Å². The van der Waals surface area contributed by atoms with Gasteiger partial charge >= 0.3 is 0 Å². The number of nitrogens with zero attached hydrogens (tertiary/aromatic N) is 1. The summed E-state index contributed by atoms with van der Waals surface area (Å²) in [7, 11) is 1.68. The molecule has 15 heavy (non-hydrogen) atoms. The Hall–Kier alpha value is -0.130. The molecule has 0 saturated carbocycles. The predicted octanol–water partition coefficient (Wildman–Crippen LogP) is 1.84. The number of thiophene rings is 1. The van der Waals surface area contributed by atoms with Crippen molar-refractivity contribution in [2.75, 3.05) is 33.4 Å². The molecule has 0 fully saturated rings. The molecule has 0 saturated heterocycles. The quantitative estimate of drug-likeness (QED) is 0.801. The molecule has 5 heteroatoms. The predicted molar refractivity (Wildman–Crippen MR) is 63.6 cm³/mol. The number of ether oxygens (including phenoxy) is 1. The molecule has 1 aromatic heterocycles. The Morgan fingerprint density at radius 2 is 2.27 bits per heavy atom. The van der Waals surface area contributed by atoms with Gasteiger partial charge < -0.3 is 9.84 Å². The van der Waals surface area contributed by atoms with E-state index in [1.165, 1.54) is 4.88 Å². The summed E-state index contributed by atoms with van der Waals surface area (Å²) >= 11 is 7.43. The highest BCUT2D eigenvalue weighted by Crippen LogP contribution is 2.22.